The van der Waals surface area contributed by atoms with E-state index in [-0.39, 0.29) is 11.6 Å². The number of nitrogens with zero attached hydrogens (tertiary/aromatic N) is 2. The fraction of sp³-hybridized carbons (Fsp3) is 0.235. The summed E-state index contributed by atoms with van der Waals surface area (Å²) < 4.78 is 0. The minimum absolute atomic E-state index is 0.0563. The number of anilines is 1. The Hall–Kier alpha value is -2.73. The van der Waals surface area contributed by atoms with Crippen molar-refractivity contribution in [1.29, 1.82) is 0 Å². The molecule has 120 valence electrons. The second-order valence-corrected chi connectivity index (χ2v) is 5.56. The van der Waals surface area contributed by atoms with Gasteiger partial charge < -0.3 is 10.2 Å². The molecule has 0 atom stereocenters. The van der Waals surface area contributed by atoms with Crippen molar-refractivity contribution in [3.8, 4) is 0 Å². The molecular formula is C17H19N3O3. The van der Waals surface area contributed by atoms with Crippen molar-refractivity contribution in [2.45, 2.75) is 13.5 Å². The van der Waals surface area contributed by atoms with Gasteiger partial charge in [-0.3, -0.25) is 14.9 Å². The van der Waals surface area contributed by atoms with E-state index in [4.69, 9.17) is 0 Å². The van der Waals surface area contributed by atoms with E-state index in [0.717, 1.165) is 5.56 Å². The van der Waals surface area contributed by atoms with Gasteiger partial charge in [0.1, 0.15) is 0 Å². The summed E-state index contributed by atoms with van der Waals surface area (Å²) in [5.74, 6) is -0.350. The molecule has 0 saturated heterocycles. The number of nitro groups is 1. The van der Waals surface area contributed by atoms with Crippen LogP contribution >= 0.6 is 0 Å². The van der Waals surface area contributed by atoms with Crippen molar-refractivity contribution in [3.63, 3.8) is 0 Å². The first-order chi connectivity index (χ1) is 10.9. The topological polar surface area (TPSA) is 75.5 Å². The van der Waals surface area contributed by atoms with E-state index in [1.807, 2.05) is 43.3 Å². The van der Waals surface area contributed by atoms with Crippen LogP contribution < -0.4 is 5.32 Å². The van der Waals surface area contributed by atoms with E-state index in [1.165, 1.54) is 12.1 Å². The van der Waals surface area contributed by atoms with Crippen LogP contribution in [-0.2, 0) is 6.54 Å². The van der Waals surface area contributed by atoms with Gasteiger partial charge in [0, 0.05) is 29.4 Å². The molecule has 1 N–H and O–H groups in total. The minimum atomic E-state index is -0.480. The highest BCUT2D eigenvalue weighted by Gasteiger charge is 2.18. The number of nitrogens with one attached hydrogen (secondary N) is 1. The SMILES string of the molecule is Cc1c(C(=O)Nc2ccccc2CN(C)C)cccc1[N+](=O)[O-]. The molecule has 2 rings (SSSR count). The first-order valence-corrected chi connectivity index (χ1v) is 7.18. The van der Waals surface area contributed by atoms with Crippen LogP contribution in [0.3, 0.4) is 0 Å². The number of nitro benzene ring substituents is 1. The predicted molar refractivity (Wildman–Crippen MR) is 89.6 cm³/mol. The third-order valence-corrected chi connectivity index (χ3v) is 3.50. The molecular weight excluding hydrogens is 294 g/mol. The summed E-state index contributed by atoms with van der Waals surface area (Å²) in [5, 5.41) is 13.8. The molecule has 23 heavy (non-hydrogen) atoms. The van der Waals surface area contributed by atoms with Gasteiger partial charge in [-0.2, -0.15) is 0 Å². The summed E-state index contributed by atoms with van der Waals surface area (Å²) >= 11 is 0. The Balaban J connectivity index is 2.30. The predicted octanol–water partition coefficient (Wildman–Crippen LogP) is 3.22. The maximum absolute atomic E-state index is 12.5. The summed E-state index contributed by atoms with van der Waals surface area (Å²) in [5.41, 5.74) is 2.30. The number of amides is 1. The van der Waals surface area contributed by atoms with Crippen LogP contribution in [-0.4, -0.2) is 29.8 Å². The summed E-state index contributed by atoms with van der Waals surface area (Å²) in [6.45, 7) is 2.27. The summed E-state index contributed by atoms with van der Waals surface area (Å²) in [6.07, 6.45) is 0. The van der Waals surface area contributed by atoms with Gasteiger partial charge in [-0.25, -0.2) is 0 Å². The molecule has 0 aliphatic rings. The zero-order valence-corrected chi connectivity index (χ0v) is 13.4. The molecule has 6 heteroatoms. The highest BCUT2D eigenvalue weighted by Crippen LogP contribution is 2.23. The summed E-state index contributed by atoms with van der Waals surface area (Å²) in [6, 6.07) is 12.0. The summed E-state index contributed by atoms with van der Waals surface area (Å²) in [4.78, 5) is 25.0. The Morgan fingerprint density at radius 1 is 1.17 bits per heavy atom. The molecule has 0 unspecified atom stereocenters. The van der Waals surface area contributed by atoms with Crippen LogP contribution in [0, 0.1) is 17.0 Å². The molecule has 0 fully saturated rings. The van der Waals surface area contributed by atoms with E-state index in [9.17, 15) is 14.9 Å². The highest BCUT2D eigenvalue weighted by molar-refractivity contribution is 6.06. The lowest BCUT2D eigenvalue weighted by Gasteiger charge is -2.15. The van der Waals surface area contributed by atoms with Gasteiger partial charge in [0.15, 0.2) is 0 Å². The first kappa shape index (κ1) is 16.6. The van der Waals surface area contributed by atoms with Gasteiger partial charge in [-0.1, -0.05) is 24.3 Å². The third-order valence-electron chi connectivity index (χ3n) is 3.50. The Morgan fingerprint density at radius 3 is 2.52 bits per heavy atom. The highest BCUT2D eigenvalue weighted by atomic mass is 16.6. The molecule has 6 nitrogen and oxygen atoms in total. The number of benzene rings is 2. The van der Waals surface area contributed by atoms with Crippen LogP contribution in [0.1, 0.15) is 21.5 Å². The molecule has 0 aliphatic carbocycles. The molecule has 0 aromatic heterocycles. The van der Waals surface area contributed by atoms with Crippen LogP contribution in [0.25, 0.3) is 0 Å². The molecule has 1 amide bonds. The van der Waals surface area contributed by atoms with Crippen LogP contribution in [0.5, 0.6) is 0 Å². The Labute approximate surface area is 134 Å². The molecule has 0 saturated carbocycles. The van der Waals surface area contributed by atoms with E-state index in [1.54, 1.807) is 13.0 Å². The van der Waals surface area contributed by atoms with Gasteiger partial charge in [-0.05, 0) is 38.7 Å². The number of hydrogen-bond acceptors (Lipinski definition) is 4. The molecule has 0 radical (unpaired) electrons. The van der Waals surface area contributed by atoms with Crippen molar-refractivity contribution in [3.05, 3.63) is 69.3 Å². The van der Waals surface area contributed by atoms with Gasteiger partial charge >= 0.3 is 0 Å². The van der Waals surface area contributed by atoms with Gasteiger partial charge in [-0.15, -0.1) is 0 Å². The van der Waals surface area contributed by atoms with E-state index < -0.39 is 4.92 Å². The second-order valence-electron chi connectivity index (χ2n) is 5.56. The van der Waals surface area contributed by atoms with Crippen LogP contribution in [0.4, 0.5) is 11.4 Å². The quantitative estimate of drug-likeness (QED) is 0.679. The lowest BCUT2D eigenvalue weighted by Crippen LogP contribution is -2.17. The summed E-state index contributed by atoms with van der Waals surface area (Å²) in [7, 11) is 3.90. The van der Waals surface area contributed by atoms with Crippen molar-refractivity contribution in [2.24, 2.45) is 0 Å². The Morgan fingerprint density at radius 2 is 1.87 bits per heavy atom. The number of para-hydroxylation sites is 1. The Kier molecular flexibility index (Phi) is 5.08. The largest absolute Gasteiger partial charge is 0.322 e. The molecule has 2 aromatic carbocycles. The molecule has 0 bridgehead atoms. The third kappa shape index (κ3) is 3.92. The normalized spacial score (nSPS) is 10.6. The average Bonchev–Trinajstić information content (AvgIpc) is 2.48. The van der Waals surface area contributed by atoms with Gasteiger partial charge in [0.2, 0.25) is 0 Å². The lowest BCUT2D eigenvalue weighted by atomic mass is 10.1. The van der Waals surface area contributed by atoms with E-state index in [2.05, 4.69) is 5.32 Å². The maximum atomic E-state index is 12.5. The lowest BCUT2D eigenvalue weighted by molar-refractivity contribution is -0.385. The number of hydrogen-bond donors (Lipinski definition) is 1. The first-order valence-electron chi connectivity index (χ1n) is 7.18. The second kappa shape index (κ2) is 7.02. The Bertz CT molecular complexity index is 742. The molecule has 2 aromatic rings. The van der Waals surface area contributed by atoms with Gasteiger partial charge in [0.05, 0.1) is 4.92 Å². The number of carbonyl (C=O) groups is 1. The van der Waals surface area contributed by atoms with Crippen LogP contribution in [0.2, 0.25) is 0 Å². The standard InChI is InChI=1S/C17H19N3O3/c1-12-14(8-6-10-16(12)20(22)23)17(21)18-15-9-5-4-7-13(15)11-19(2)3/h4-10H,11H2,1-3H3,(H,18,21). The monoisotopic (exact) mass is 313 g/mol. The smallest absolute Gasteiger partial charge is 0.273 e. The van der Waals surface area contributed by atoms with E-state index in [0.29, 0.717) is 23.4 Å². The number of rotatable bonds is 5. The molecule has 0 spiro atoms. The number of carbonyl (C=O) groups excluding carboxylic acids is 1. The minimum Gasteiger partial charge on any atom is -0.322 e. The van der Waals surface area contributed by atoms with Crippen LogP contribution in [0.15, 0.2) is 42.5 Å². The van der Waals surface area contributed by atoms with Gasteiger partial charge in [0.25, 0.3) is 11.6 Å². The molecule has 0 heterocycles. The zero-order chi connectivity index (χ0) is 17.0. The van der Waals surface area contributed by atoms with Crippen molar-refractivity contribution >= 4 is 17.3 Å². The zero-order valence-electron chi connectivity index (χ0n) is 13.4. The van der Waals surface area contributed by atoms with Crippen molar-refractivity contribution in [2.75, 3.05) is 19.4 Å². The fourth-order valence-corrected chi connectivity index (χ4v) is 2.38. The van der Waals surface area contributed by atoms with Crippen molar-refractivity contribution < 1.29 is 9.72 Å². The fourth-order valence-electron chi connectivity index (χ4n) is 2.38. The van der Waals surface area contributed by atoms with Crippen molar-refractivity contribution in [1.82, 2.24) is 4.90 Å². The molecule has 0 aliphatic heterocycles. The van der Waals surface area contributed by atoms with E-state index >= 15 is 0 Å². The maximum Gasteiger partial charge on any atom is 0.273 e. The average molecular weight is 313 g/mol.